The van der Waals surface area contributed by atoms with Crippen LogP contribution in [0.1, 0.15) is 18.7 Å². The second kappa shape index (κ2) is 5.14. The molecule has 1 aliphatic rings. The van der Waals surface area contributed by atoms with Gasteiger partial charge in [-0.25, -0.2) is 9.97 Å². The Morgan fingerprint density at radius 2 is 2.47 bits per heavy atom. The van der Waals surface area contributed by atoms with E-state index in [0.29, 0.717) is 11.3 Å². The van der Waals surface area contributed by atoms with Crippen LogP contribution < -0.4 is 0 Å². The topological polar surface area (TPSA) is 35.0 Å². The molecule has 5 heteroatoms. The van der Waals surface area contributed by atoms with Crippen molar-refractivity contribution in [2.24, 2.45) is 0 Å². The van der Waals surface area contributed by atoms with Crippen LogP contribution in [-0.4, -0.2) is 28.4 Å². The summed E-state index contributed by atoms with van der Waals surface area (Å²) in [5.41, 5.74) is 0. The van der Waals surface area contributed by atoms with Crippen molar-refractivity contribution >= 4 is 23.4 Å². The Morgan fingerprint density at radius 1 is 1.60 bits per heavy atom. The smallest absolute Gasteiger partial charge is 0.133 e. The van der Waals surface area contributed by atoms with E-state index in [1.54, 1.807) is 17.8 Å². The van der Waals surface area contributed by atoms with Crippen molar-refractivity contribution in [1.29, 1.82) is 0 Å². The molecule has 0 amide bonds. The highest BCUT2D eigenvalue weighted by molar-refractivity contribution is 7.99. The fraction of sp³-hybridized carbons (Fsp3) is 0.600. The largest absolute Gasteiger partial charge is 0.377 e. The first-order valence-corrected chi connectivity index (χ1v) is 6.36. The first-order chi connectivity index (χ1) is 7.24. The molecule has 1 fully saturated rings. The van der Waals surface area contributed by atoms with Crippen molar-refractivity contribution in [3.8, 4) is 0 Å². The van der Waals surface area contributed by atoms with Crippen molar-refractivity contribution in [3.63, 3.8) is 0 Å². The van der Waals surface area contributed by atoms with Gasteiger partial charge in [-0.15, -0.1) is 11.8 Å². The number of aromatic nitrogens is 2. The zero-order valence-electron chi connectivity index (χ0n) is 8.57. The maximum absolute atomic E-state index is 5.85. The number of hydrogen-bond acceptors (Lipinski definition) is 4. The molecule has 3 nitrogen and oxygen atoms in total. The van der Waals surface area contributed by atoms with E-state index in [2.05, 4.69) is 9.97 Å². The summed E-state index contributed by atoms with van der Waals surface area (Å²) in [5.74, 6) is 1.67. The van der Waals surface area contributed by atoms with Crippen molar-refractivity contribution in [2.45, 2.75) is 30.9 Å². The van der Waals surface area contributed by atoms with Crippen molar-refractivity contribution < 1.29 is 4.74 Å². The molecular formula is C10H13ClN2OS. The normalized spacial score (nSPS) is 20.8. The number of ether oxygens (including phenoxy) is 1. The molecule has 1 aromatic heterocycles. The Morgan fingerprint density at radius 3 is 3.13 bits per heavy atom. The lowest BCUT2D eigenvalue weighted by molar-refractivity contribution is 0.129. The minimum Gasteiger partial charge on any atom is -0.377 e. The van der Waals surface area contributed by atoms with Gasteiger partial charge in [-0.3, -0.25) is 0 Å². The summed E-state index contributed by atoms with van der Waals surface area (Å²) in [6.45, 7) is 2.75. The van der Waals surface area contributed by atoms with Gasteiger partial charge < -0.3 is 4.74 Å². The van der Waals surface area contributed by atoms with Crippen LogP contribution in [0, 0.1) is 6.92 Å². The summed E-state index contributed by atoms with van der Waals surface area (Å²) in [4.78, 5) is 8.33. The number of rotatable bonds is 3. The van der Waals surface area contributed by atoms with E-state index in [-0.39, 0.29) is 0 Å². The second-order valence-corrected chi connectivity index (χ2v) is 4.95. The summed E-state index contributed by atoms with van der Waals surface area (Å²) in [6.07, 6.45) is 2.71. The SMILES string of the molecule is Cc1nc(Cl)cc(SCC2CCCO2)n1. The summed E-state index contributed by atoms with van der Waals surface area (Å²) < 4.78 is 5.54. The predicted molar refractivity (Wildman–Crippen MR) is 61.5 cm³/mol. The minimum absolute atomic E-state index is 0.379. The Balaban J connectivity index is 1.92. The molecule has 1 aliphatic heterocycles. The molecule has 0 N–H and O–H groups in total. The second-order valence-electron chi connectivity index (χ2n) is 3.52. The monoisotopic (exact) mass is 244 g/mol. The van der Waals surface area contributed by atoms with Crippen LogP contribution in [0.5, 0.6) is 0 Å². The first-order valence-electron chi connectivity index (χ1n) is 4.99. The number of hydrogen-bond donors (Lipinski definition) is 0. The van der Waals surface area contributed by atoms with E-state index >= 15 is 0 Å². The highest BCUT2D eigenvalue weighted by atomic mass is 35.5. The Hall–Kier alpha value is -0.320. The molecule has 0 aromatic carbocycles. The average Bonchev–Trinajstić information content (AvgIpc) is 2.65. The number of thioether (sulfide) groups is 1. The van der Waals surface area contributed by atoms with Gasteiger partial charge in [0, 0.05) is 18.4 Å². The van der Waals surface area contributed by atoms with Gasteiger partial charge in [-0.05, 0) is 19.8 Å². The quantitative estimate of drug-likeness (QED) is 0.605. The van der Waals surface area contributed by atoms with Crippen LogP contribution in [0.3, 0.4) is 0 Å². The highest BCUT2D eigenvalue weighted by Gasteiger charge is 2.15. The van der Waals surface area contributed by atoms with Gasteiger partial charge in [0.25, 0.3) is 0 Å². The molecule has 82 valence electrons. The van der Waals surface area contributed by atoms with Gasteiger partial charge in [0.15, 0.2) is 0 Å². The van der Waals surface area contributed by atoms with Crippen molar-refractivity contribution in [1.82, 2.24) is 9.97 Å². The predicted octanol–water partition coefficient (Wildman–Crippen LogP) is 2.71. The molecular weight excluding hydrogens is 232 g/mol. The standard InChI is InChI=1S/C10H13ClN2OS/c1-7-12-9(11)5-10(13-7)15-6-8-3-2-4-14-8/h5,8H,2-4,6H2,1H3. The lowest BCUT2D eigenvalue weighted by Gasteiger charge is -2.08. The fourth-order valence-electron chi connectivity index (χ4n) is 1.53. The van der Waals surface area contributed by atoms with Crippen LogP contribution in [-0.2, 0) is 4.74 Å². The third-order valence-corrected chi connectivity index (χ3v) is 3.46. The van der Waals surface area contributed by atoms with Crippen LogP contribution in [0.25, 0.3) is 0 Å². The molecule has 15 heavy (non-hydrogen) atoms. The number of halogens is 1. The van der Waals surface area contributed by atoms with Crippen molar-refractivity contribution in [2.75, 3.05) is 12.4 Å². The Kier molecular flexibility index (Phi) is 3.83. The molecule has 0 bridgehead atoms. The molecule has 1 atom stereocenters. The Labute approximate surface area is 98.6 Å². The number of nitrogens with zero attached hydrogens (tertiary/aromatic N) is 2. The van der Waals surface area contributed by atoms with Gasteiger partial charge in [0.1, 0.15) is 16.0 Å². The lowest BCUT2D eigenvalue weighted by Crippen LogP contribution is -2.08. The van der Waals surface area contributed by atoms with E-state index in [4.69, 9.17) is 16.3 Å². The average molecular weight is 245 g/mol. The van der Waals surface area contributed by atoms with Crippen LogP contribution >= 0.6 is 23.4 Å². The molecule has 1 unspecified atom stereocenters. The zero-order valence-corrected chi connectivity index (χ0v) is 10.1. The van der Waals surface area contributed by atoms with Crippen LogP contribution in [0.4, 0.5) is 0 Å². The minimum atomic E-state index is 0.379. The molecule has 1 aromatic rings. The van der Waals surface area contributed by atoms with Crippen LogP contribution in [0.15, 0.2) is 11.1 Å². The van der Waals surface area contributed by atoms with Gasteiger partial charge in [0.2, 0.25) is 0 Å². The lowest BCUT2D eigenvalue weighted by atomic mass is 10.3. The zero-order chi connectivity index (χ0) is 10.7. The maximum Gasteiger partial charge on any atom is 0.133 e. The molecule has 0 saturated carbocycles. The molecule has 2 rings (SSSR count). The molecule has 0 radical (unpaired) electrons. The third-order valence-electron chi connectivity index (χ3n) is 2.22. The van der Waals surface area contributed by atoms with Gasteiger partial charge in [-0.2, -0.15) is 0 Å². The summed E-state index contributed by atoms with van der Waals surface area (Å²) >= 11 is 7.54. The van der Waals surface area contributed by atoms with E-state index in [1.807, 2.05) is 6.92 Å². The molecule has 2 heterocycles. The maximum atomic E-state index is 5.85. The van der Waals surface area contributed by atoms with Gasteiger partial charge in [-0.1, -0.05) is 11.6 Å². The molecule has 0 aliphatic carbocycles. The summed E-state index contributed by atoms with van der Waals surface area (Å²) in [6, 6.07) is 1.80. The van der Waals surface area contributed by atoms with Crippen molar-refractivity contribution in [3.05, 3.63) is 17.0 Å². The summed E-state index contributed by atoms with van der Waals surface area (Å²) in [5, 5.41) is 1.44. The number of aryl methyl sites for hydroxylation is 1. The van der Waals surface area contributed by atoms with E-state index < -0.39 is 0 Å². The fourth-order valence-corrected chi connectivity index (χ4v) is 2.84. The first kappa shape index (κ1) is 11.2. The van der Waals surface area contributed by atoms with Gasteiger partial charge in [0.05, 0.1) is 6.10 Å². The van der Waals surface area contributed by atoms with E-state index in [0.717, 1.165) is 29.6 Å². The molecule has 1 saturated heterocycles. The third kappa shape index (κ3) is 3.33. The van der Waals surface area contributed by atoms with E-state index in [9.17, 15) is 0 Å². The molecule has 0 spiro atoms. The van der Waals surface area contributed by atoms with E-state index in [1.165, 1.54) is 6.42 Å². The van der Waals surface area contributed by atoms with Crippen LogP contribution in [0.2, 0.25) is 5.15 Å². The Bertz CT molecular complexity index is 322. The van der Waals surface area contributed by atoms with Gasteiger partial charge >= 0.3 is 0 Å². The summed E-state index contributed by atoms with van der Waals surface area (Å²) in [7, 11) is 0. The highest BCUT2D eigenvalue weighted by Crippen LogP contribution is 2.23.